The Morgan fingerprint density at radius 3 is 2.71 bits per heavy atom. The van der Waals surface area contributed by atoms with Crippen LogP contribution in [0.5, 0.6) is 0 Å². The van der Waals surface area contributed by atoms with E-state index in [0.717, 1.165) is 24.6 Å². The van der Waals surface area contributed by atoms with E-state index in [-0.39, 0.29) is 6.61 Å². The van der Waals surface area contributed by atoms with Crippen molar-refractivity contribution in [3.8, 4) is 0 Å². The van der Waals surface area contributed by atoms with E-state index in [0.29, 0.717) is 11.8 Å². The van der Waals surface area contributed by atoms with Gasteiger partial charge < -0.3 is 15.4 Å². The molecule has 1 saturated carbocycles. The molecule has 3 N–H and O–H groups in total. The maximum Gasteiger partial charge on any atom is 0.245 e. The van der Waals surface area contributed by atoms with Gasteiger partial charge in [-0.1, -0.05) is 18.5 Å². The number of nitrogens with zero attached hydrogens (tertiary/aromatic N) is 2. The van der Waals surface area contributed by atoms with Gasteiger partial charge in [0, 0.05) is 5.92 Å². The Labute approximate surface area is 101 Å². The molecule has 0 spiro atoms. The fourth-order valence-electron chi connectivity index (χ4n) is 2.47. The summed E-state index contributed by atoms with van der Waals surface area (Å²) < 4.78 is 5.08. The van der Waals surface area contributed by atoms with Crippen LogP contribution in [-0.4, -0.2) is 21.9 Å². The molecule has 0 amide bonds. The third kappa shape index (κ3) is 2.84. The first kappa shape index (κ1) is 12.5. The lowest BCUT2D eigenvalue weighted by molar-refractivity contribution is 0.236. The van der Waals surface area contributed by atoms with Crippen LogP contribution in [0, 0.1) is 5.92 Å². The summed E-state index contributed by atoms with van der Waals surface area (Å²) >= 11 is 0. The van der Waals surface area contributed by atoms with Crippen molar-refractivity contribution in [2.45, 2.75) is 51.0 Å². The van der Waals surface area contributed by atoms with Crippen molar-refractivity contribution in [2.75, 3.05) is 6.61 Å². The normalized spacial score (nSPS) is 27.0. The first-order chi connectivity index (χ1) is 8.24. The zero-order chi connectivity index (χ0) is 12.3. The van der Waals surface area contributed by atoms with Gasteiger partial charge in [0.15, 0.2) is 5.82 Å². The van der Waals surface area contributed by atoms with Gasteiger partial charge in [-0.3, -0.25) is 0 Å². The molecular formula is C12H21N3O2. The second-order valence-corrected chi connectivity index (χ2v) is 4.91. The lowest BCUT2D eigenvalue weighted by atomic mass is 9.80. The molecule has 0 unspecified atom stereocenters. The molecule has 1 heterocycles. The predicted molar refractivity (Wildman–Crippen MR) is 63.3 cm³/mol. The molecule has 1 fully saturated rings. The van der Waals surface area contributed by atoms with Crippen molar-refractivity contribution in [3.05, 3.63) is 11.7 Å². The molecule has 0 saturated heterocycles. The third-order valence-electron chi connectivity index (χ3n) is 3.76. The lowest BCUT2D eigenvalue weighted by Crippen LogP contribution is -2.16. The molecule has 96 valence electrons. The van der Waals surface area contributed by atoms with Crippen LogP contribution in [0.2, 0.25) is 0 Å². The molecule has 2 rings (SSSR count). The Balaban J connectivity index is 1.97. The van der Waals surface area contributed by atoms with Crippen LogP contribution in [-0.2, 0) is 0 Å². The highest BCUT2D eigenvalue weighted by atomic mass is 16.5. The quantitative estimate of drug-likeness (QED) is 0.836. The number of hydrogen-bond donors (Lipinski definition) is 2. The fourth-order valence-corrected chi connectivity index (χ4v) is 2.47. The third-order valence-corrected chi connectivity index (χ3v) is 3.76. The van der Waals surface area contributed by atoms with Gasteiger partial charge in [-0.05, 0) is 31.6 Å². The molecule has 1 atom stereocenters. The minimum Gasteiger partial charge on any atom is -0.394 e. The Bertz CT molecular complexity index is 345. The van der Waals surface area contributed by atoms with Crippen molar-refractivity contribution < 1.29 is 9.63 Å². The zero-order valence-corrected chi connectivity index (χ0v) is 10.3. The Hall–Kier alpha value is -0.940. The summed E-state index contributed by atoms with van der Waals surface area (Å²) in [6, 6.07) is -0.553. The van der Waals surface area contributed by atoms with Gasteiger partial charge >= 0.3 is 0 Å². The molecule has 1 aromatic heterocycles. The summed E-state index contributed by atoms with van der Waals surface area (Å²) in [4.78, 5) is 4.29. The van der Waals surface area contributed by atoms with E-state index in [2.05, 4.69) is 17.1 Å². The van der Waals surface area contributed by atoms with Crippen LogP contribution in [0.4, 0.5) is 0 Å². The standard InChI is InChI=1S/C12H21N3O2/c1-2-8-3-5-9(6-4-8)11-14-12(17-15-11)10(13)7-16/h8-10,16H,2-7,13H2,1H3/t8?,9?,10-/m0/s1. The summed E-state index contributed by atoms with van der Waals surface area (Å²) in [5, 5.41) is 12.9. The number of hydrogen-bond acceptors (Lipinski definition) is 5. The van der Waals surface area contributed by atoms with E-state index < -0.39 is 6.04 Å². The largest absolute Gasteiger partial charge is 0.394 e. The van der Waals surface area contributed by atoms with E-state index in [1.807, 2.05) is 0 Å². The number of aliphatic hydroxyl groups is 1. The van der Waals surface area contributed by atoms with Gasteiger partial charge in [-0.15, -0.1) is 0 Å². The molecule has 0 radical (unpaired) electrons. The molecule has 1 aliphatic rings. The highest BCUT2D eigenvalue weighted by Gasteiger charge is 2.25. The highest BCUT2D eigenvalue weighted by Crippen LogP contribution is 2.35. The van der Waals surface area contributed by atoms with Gasteiger partial charge in [-0.25, -0.2) is 0 Å². The van der Waals surface area contributed by atoms with Gasteiger partial charge in [0.05, 0.1) is 6.61 Å². The van der Waals surface area contributed by atoms with Crippen LogP contribution in [0.3, 0.4) is 0 Å². The summed E-state index contributed by atoms with van der Waals surface area (Å²) in [6.45, 7) is 2.09. The summed E-state index contributed by atoms with van der Waals surface area (Å²) in [5.74, 6) is 2.37. The number of aliphatic hydroxyl groups excluding tert-OH is 1. The maximum atomic E-state index is 8.92. The molecule has 0 aliphatic heterocycles. The zero-order valence-electron chi connectivity index (χ0n) is 10.3. The number of rotatable bonds is 4. The molecular weight excluding hydrogens is 218 g/mol. The van der Waals surface area contributed by atoms with E-state index in [4.69, 9.17) is 15.4 Å². The van der Waals surface area contributed by atoms with E-state index in [1.54, 1.807) is 0 Å². The van der Waals surface area contributed by atoms with Crippen molar-refractivity contribution in [1.82, 2.24) is 10.1 Å². The SMILES string of the molecule is CCC1CCC(c2noc([C@@H](N)CO)n2)CC1. The van der Waals surface area contributed by atoms with E-state index >= 15 is 0 Å². The Morgan fingerprint density at radius 2 is 2.12 bits per heavy atom. The van der Waals surface area contributed by atoms with Gasteiger partial charge in [0.1, 0.15) is 6.04 Å². The van der Waals surface area contributed by atoms with Crippen LogP contribution < -0.4 is 5.73 Å². The number of aromatic nitrogens is 2. The second kappa shape index (κ2) is 5.60. The first-order valence-corrected chi connectivity index (χ1v) is 6.44. The van der Waals surface area contributed by atoms with Gasteiger partial charge in [-0.2, -0.15) is 4.98 Å². The van der Waals surface area contributed by atoms with Crippen LogP contribution in [0.25, 0.3) is 0 Å². The summed E-state index contributed by atoms with van der Waals surface area (Å²) in [6.07, 6.45) is 6.02. The Morgan fingerprint density at radius 1 is 1.41 bits per heavy atom. The lowest BCUT2D eigenvalue weighted by Gasteiger charge is -2.25. The summed E-state index contributed by atoms with van der Waals surface area (Å²) in [7, 11) is 0. The topological polar surface area (TPSA) is 85.2 Å². The van der Waals surface area contributed by atoms with Crippen LogP contribution >= 0.6 is 0 Å². The van der Waals surface area contributed by atoms with E-state index in [1.165, 1.54) is 19.3 Å². The van der Waals surface area contributed by atoms with Crippen molar-refractivity contribution >= 4 is 0 Å². The molecule has 1 aliphatic carbocycles. The van der Waals surface area contributed by atoms with Crippen LogP contribution in [0.1, 0.15) is 62.7 Å². The molecule has 17 heavy (non-hydrogen) atoms. The minimum atomic E-state index is -0.553. The summed E-state index contributed by atoms with van der Waals surface area (Å²) in [5.41, 5.74) is 5.63. The molecule has 0 aromatic carbocycles. The van der Waals surface area contributed by atoms with Crippen molar-refractivity contribution in [2.24, 2.45) is 11.7 Å². The van der Waals surface area contributed by atoms with E-state index in [9.17, 15) is 0 Å². The van der Waals surface area contributed by atoms with Crippen LogP contribution in [0.15, 0.2) is 4.52 Å². The van der Waals surface area contributed by atoms with Gasteiger partial charge in [0.2, 0.25) is 5.89 Å². The smallest absolute Gasteiger partial charge is 0.245 e. The predicted octanol–water partition coefficient (Wildman–Crippen LogP) is 1.75. The second-order valence-electron chi connectivity index (χ2n) is 4.91. The fraction of sp³-hybridized carbons (Fsp3) is 0.833. The molecule has 0 bridgehead atoms. The van der Waals surface area contributed by atoms with Crippen molar-refractivity contribution in [1.29, 1.82) is 0 Å². The average Bonchev–Trinajstić information content (AvgIpc) is 2.87. The van der Waals surface area contributed by atoms with Crippen molar-refractivity contribution in [3.63, 3.8) is 0 Å². The molecule has 1 aromatic rings. The van der Waals surface area contributed by atoms with Gasteiger partial charge in [0.25, 0.3) is 0 Å². The minimum absolute atomic E-state index is 0.162. The number of nitrogens with two attached hydrogens (primary N) is 1. The molecule has 5 heteroatoms. The highest BCUT2D eigenvalue weighted by molar-refractivity contribution is 4.99. The first-order valence-electron chi connectivity index (χ1n) is 6.44. The maximum absolute atomic E-state index is 8.92. The molecule has 5 nitrogen and oxygen atoms in total. The monoisotopic (exact) mass is 239 g/mol. The average molecular weight is 239 g/mol. The Kier molecular flexibility index (Phi) is 4.12.